The van der Waals surface area contributed by atoms with Crippen LogP contribution in [0.4, 0.5) is 4.39 Å². The molecule has 0 radical (unpaired) electrons. The summed E-state index contributed by atoms with van der Waals surface area (Å²) in [6.45, 7) is 2.97. The lowest BCUT2D eigenvalue weighted by Gasteiger charge is -2.26. The first-order valence-electron chi connectivity index (χ1n) is 14.6. The molecule has 47 heavy (non-hydrogen) atoms. The SMILES string of the molecule is C/C(=N\NC(=O)c1ccc(CN(Cc2ccc(F)cc2)S(=O)(=O)c2ccc(Cl)cc2)cc1)c1ccc(S(=O)(=O)N2CCOCC2)cc1. The largest absolute Gasteiger partial charge is 0.379 e. The van der Waals surface area contributed by atoms with Crippen molar-refractivity contribution in [2.24, 2.45) is 5.10 Å². The Hall–Kier alpha value is -3.98. The number of morpholine rings is 1. The van der Waals surface area contributed by atoms with Crippen LogP contribution in [0.3, 0.4) is 0 Å². The van der Waals surface area contributed by atoms with E-state index in [9.17, 15) is 26.0 Å². The monoisotopic (exact) mass is 698 g/mol. The molecule has 0 bridgehead atoms. The summed E-state index contributed by atoms with van der Waals surface area (Å²) in [6, 6.07) is 24.1. The second kappa shape index (κ2) is 14.8. The topological polar surface area (TPSA) is 125 Å². The van der Waals surface area contributed by atoms with E-state index in [0.717, 1.165) is 0 Å². The highest BCUT2D eigenvalue weighted by atomic mass is 35.5. The summed E-state index contributed by atoms with van der Waals surface area (Å²) in [7, 11) is -7.60. The van der Waals surface area contributed by atoms with Crippen LogP contribution in [0, 0.1) is 5.82 Å². The average Bonchev–Trinajstić information content (AvgIpc) is 3.08. The molecule has 1 N–H and O–H groups in total. The fraction of sp³-hybridized carbons (Fsp3) is 0.212. The highest BCUT2D eigenvalue weighted by molar-refractivity contribution is 7.89. The van der Waals surface area contributed by atoms with Gasteiger partial charge in [-0.15, -0.1) is 0 Å². The Balaban J connectivity index is 1.26. The van der Waals surface area contributed by atoms with Gasteiger partial charge in [0.15, 0.2) is 0 Å². The first kappa shape index (κ1) is 34.4. The number of carbonyl (C=O) groups excluding carboxylic acids is 1. The molecule has 4 aromatic rings. The quantitative estimate of drug-likeness (QED) is 0.173. The molecule has 246 valence electrons. The lowest BCUT2D eigenvalue weighted by molar-refractivity contribution is 0.0730. The fourth-order valence-corrected chi connectivity index (χ4v) is 7.76. The third kappa shape index (κ3) is 8.49. The molecule has 1 aliphatic rings. The lowest BCUT2D eigenvalue weighted by Crippen LogP contribution is -2.40. The predicted molar refractivity (Wildman–Crippen MR) is 176 cm³/mol. The van der Waals surface area contributed by atoms with Gasteiger partial charge in [-0.1, -0.05) is 48.0 Å². The minimum absolute atomic E-state index is 0.0123. The molecule has 14 heteroatoms. The van der Waals surface area contributed by atoms with Crippen molar-refractivity contribution in [2.45, 2.75) is 29.8 Å². The summed E-state index contributed by atoms with van der Waals surface area (Å²) in [4.78, 5) is 13.1. The summed E-state index contributed by atoms with van der Waals surface area (Å²) >= 11 is 5.96. The van der Waals surface area contributed by atoms with Gasteiger partial charge in [0.05, 0.1) is 28.7 Å². The highest BCUT2D eigenvalue weighted by Crippen LogP contribution is 2.23. The third-order valence-electron chi connectivity index (χ3n) is 7.50. The van der Waals surface area contributed by atoms with Crippen LogP contribution in [0.15, 0.2) is 112 Å². The van der Waals surface area contributed by atoms with Crippen LogP contribution >= 0.6 is 11.6 Å². The van der Waals surface area contributed by atoms with E-state index in [2.05, 4.69) is 10.5 Å². The second-order valence-corrected chi connectivity index (χ2v) is 15.0. The van der Waals surface area contributed by atoms with E-state index in [0.29, 0.717) is 59.3 Å². The van der Waals surface area contributed by atoms with Crippen molar-refractivity contribution in [1.29, 1.82) is 0 Å². The van der Waals surface area contributed by atoms with E-state index in [1.165, 1.54) is 69.3 Å². The summed E-state index contributed by atoms with van der Waals surface area (Å²) in [5.41, 5.74) is 5.11. The van der Waals surface area contributed by atoms with Crippen LogP contribution in [0.5, 0.6) is 0 Å². The number of sulfonamides is 2. The maximum atomic E-state index is 13.6. The molecule has 1 amide bonds. The average molecular weight is 699 g/mol. The van der Waals surface area contributed by atoms with Gasteiger partial charge in [-0.2, -0.15) is 13.7 Å². The van der Waals surface area contributed by atoms with Crippen LogP contribution in [-0.4, -0.2) is 63.4 Å². The molecule has 0 unspecified atom stereocenters. The van der Waals surface area contributed by atoms with Crippen molar-refractivity contribution in [2.75, 3.05) is 26.3 Å². The molecular formula is C33H32ClFN4O6S2. The van der Waals surface area contributed by atoms with E-state index in [4.69, 9.17) is 16.3 Å². The van der Waals surface area contributed by atoms with Crippen molar-refractivity contribution in [3.05, 3.63) is 130 Å². The number of ether oxygens (including phenoxy) is 1. The first-order chi connectivity index (χ1) is 22.4. The van der Waals surface area contributed by atoms with Crippen molar-refractivity contribution < 1.29 is 30.8 Å². The van der Waals surface area contributed by atoms with Gasteiger partial charge in [-0.3, -0.25) is 4.79 Å². The standard InChI is InChI=1S/C33H32ClFN4O6S2/c1-24(27-8-14-31(15-9-27)46(41,42)38-18-20-45-21-19-38)36-37-33(40)28-6-2-25(3-7-28)22-39(23-26-4-12-30(35)13-5-26)47(43,44)32-16-10-29(34)11-17-32/h2-17H,18-23H2,1H3,(H,37,40)/b36-24+. The molecule has 0 spiro atoms. The zero-order valence-corrected chi connectivity index (χ0v) is 27.7. The van der Waals surface area contributed by atoms with Gasteiger partial charge >= 0.3 is 0 Å². The van der Waals surface area contributed by atoms with Crippen LogP contribution < -0.4 is 5.43 Å². The van der Waals surface area contributed by atoms with Crippen molar-refractivity contribution >= 4 is 43.3 Å². The molecule has 0 atom stereocenters. The second-order valence-electron chi connectivity index (χ2n) is 10.7. The molecule has 1 saturated heterocycles. The van der Waals surface area contributed by atoms with Gasteiger partial charge in [0.2, 0.25) is 20.0 Å². The molecule has 1 aliphatic heterocycles. The first-order valence-corrected chi connectivity index (χ1v) is 17.8. The van der Waals surface area contributed by atoms with Gasteiger partial charge in [0.1, 0.15) is 5.82 Å². The number of nitrogens with one attached hydrogen (secondary N) is 1. The van der Waals surface area contributed by atoms with E-state index in [1.54, 1.807) is 43.3 Å². The van der Waals surface area contributed by atoms with E-state index in [1.807, 2.05) is 0 Å². The minimum Gasteiger partial charge on any atom is -0.379 e. The van der Waals surface area contributed by atoms with Gasteiger partial charge in [-0.25, -0.2) is 26.7 Å². The van der Waals surface area contributed by atoms with Crippen LogP contribution in [0.25, 0.3) is 0 Å². The number of hydrogen-bond donors (Lipinski definition) is 1. The number of rotatable bonds is 11. The van der Waals surface area contributed by atoms with Gasteiger partial charge in [-0.05, 0) is 84.3 Å². The van der Waals surface area contributed by atoms with E-state index in [-0.39, 0.29) is 22.9 Å². The van der Waals surface area contributed by atoms with Gasteiger partial charge in [0, 0.05) is 36.8 Å². The molecule has 5 rings (SSSR count). The molecule has 1 fully saturated rings. The van der Waals surface area contributed by atoms with Crippen LogP contribution in [0.2, 0.25) is 5.02 Å². The number of hydrazone groups is 1. The number of amides is 1. The normalized spacial score (nSPS) is 14.7. The Morgan fingerprint density at radius 1 is 0.809 bits per heavy atom. The molecule has 4 aromatic carbocycles. The van der Waals surface area contributed by atoms with Crippen LogP contribution in [0.1, 0.15) is 34.0 Å². The van der Waals surface area contributed by atoms with Gasteiger partial charge in [0.25, 0.3) is 5.91 Å². The molecule has 1 heterocycles. The van der Waals surface area contributed by atoms with Crippen molar-refractivity contribution in [3.63, 3.8) is 0 Å². The Labute approximate surface area is 278 Å². The molecule has 0 aliphatic carbocycles. The maximum Gasteiger partial charge on any atom is 0.271 e. The minimum atomic E-state index is -3.97. The molecular weight excluding hydrogens is 667 g/mol. The fourth-order valence-electron chi connectivity index (χ4n) is 4.81. The van der Waals surface area contributed by atoms with E-state index >= 15 is 0 Å². The third-order valence-corrected chi connectivity index (χ3v) is 11.5. The number of benzene rings is 4. The number of halogens is 2. The summed E-state index contributed by atoms with van der Waals surface area (Å²) in [5, 5.41) is 4.56. The summed E-state index contributed by atoms with van der Waals surface area (Å²) < 4.78 is 74.3. The maximum absolute atomic E-state index is 13.6. The zero-order valence-electron chi connectivity index (χ0n) is 25.3. The molecule has 0 saturated carbocycles. The Morgan fingerprint density at radius 3 is 1.89 bits per heavy atom. The molecule has 10 nitrogen and oxygen atoms in total. The predicted octanol–water partition coefficient (Wildman–Crippen LogP) is 5.05. The van der Waals surface area contributed by atoms with Crippen molar-refractivity contribution in [3.8, 4) is 0 Å². The Kier molecular flexibility index (Phi) is 10.8. The zero-order chi connectivity index (χ0) is 33.6. The number of hydrogen-bond acceptors (Lipinski definition) is 7. The highest BCUT2D eigenvalue weighted by Gasteiger charge is 2.27. The summed E-state index contributed by atoms with van der Waals surface area (Å²) in [6.07, 6.45) is 0. The Morgan fingerprint density at radius 2 is 1.32 bits per heavy atom. The smallest absolute Gasteiger partial charge is 0.271 e. The molecule has 0 aromatic heterocycles. The summed E-state index contributed by atoms with van der Waals surface area (Å²) in [5.74, 6) is -0.915. The van der Waals surface area contributed by atoms with Gasteiger partial charge < -0.3 is 4.74 Å². The van der Waals surface area contributed by atoms with Crippen molar-refractivity contribution in [1.82, 2.24) is 14.0 Å². The Bertz CT molecular complexity index is 1950. The number of nitrogens with zero attached hydrogens (tertiary/aromatic N) is 3. The lowest BCUT2D eigenvalue weighted by atomic mass is 10.1. The number of carbonyl (C=O) groups is 1. The van der Waals surface area contributed by atoms with Crippen LogP contribution in [-0.2, 0) is 37.9 Å². The van der Waals surface area contributed by atoms with E-state index < -0.39 is 31.8 Å².